The molecule has 0 spiro atoms. The van der Waals surface area contributed by atoms with Crippen LogP contribution in [0.5, 0.6) is 0 Å². The van der Waals surface area contributed by atoms with Gasteiger partial charge in [0.1, 0.15) is 11.3 Å². The van der Waals surface area contributed by atoms with Crippen LogP contribution in [0.25, 0.3) is 10.9 Å². The average molecular weight is 317 g/mol. The highest BCUT2D eigenvalue weighted by molar-refractivity contribution is 9.10. The number of hydrogen-bond acceptors (Lipinski definition) is 1. The minimum atomic E-state index is -0.351. The summed E-state index contributed by atoms with van der Waals surface area (Å²) in [5.74, 6) is -0.351. The highest BCUT2D eigenvalue weighted by Crippen LogP contribution is 2.34. The molecule has 0 aliphatic rings. The Kier molecular flexibility index (Phi) is 3.17. The van der Waals surface area contributed by atoms with E-state index in [1.807, 2.05) is 20.8 Å². The lowest BCUT2D eigenvalue weighted by Crippen LogP contribution is -2.13. The Hall–Kier alpha value is -0.670. The molecule has 17 heavy (non-hydrogen) atoms. The van der Waals surface area contributed by atoms with E-state index in [1.165, 1.54) is 6.07 Å². The van der Waals surface area contributed by atoms with E-state index in [-0.39, 0.29) is 11.2 Å². The maximum Gasteiger partial charge on any atom is 0.149 e. The van der Waals surface area contributed by atoms with E-state index in [0.29, 0.717) is 15.9 Å². The first-order valence-corrected chi connectivity index (χ1v) is 6.42. The Morgan fingerprint density at radius 3 is 2.53 bits per heavy atom. The van der Waals surface area contributed by atoms with E-state index in [0.717, 1.165) is 10.2 Å². The van der Waals surface area contributed by atoms with Crippen molar-refractivity contribution < 1.29 is 4.39 Å². The molecule has 0 atom stereocenters. The van der Waals surface area contributed by atoms with Crippen LogP contribution in [0.1, 0.15) is 26.5 Å². The molecule has 0 saturated carbocycles. The average Bonchev–Trinajstić information content (AvgIpc) is 2.21. The summed E-state index contributed by atoms with van der Waals surface area (Å²) in [7, 11) is 0. The van der Waals surface area contributed by atoms with Crippen LogP contribution in [0.4, 0.5) is 4.39 Å². The van der Waals surface area contributed by atoms with Crippen molar-refractivity contribution in [3.8, 4) is 0 Å². The van der Waals surface area contributed by atoms with Gasteiger partial charge in [0.15, 0.2) is 0 Å². The van der Waals surface area contributed by atoms with Gasteiger partial charge in [-0.05, 0) is 18.2 Å². The number of nitrogens with zero attached hydrogens (tertiary/aromatic N) is 1. The lowest BCUT2D eigenvalue weighted by molar-refractivity contribution is 0.569. The molecule has 4 heteroatoms. The predicted molar refractivity (Wildman–Crippen MR) is 73.1 cm³/mol. The van der Waals surface area contributed by atoms with Gasteiger partial charge in [-0.1, -0.05) is 48.3 Å². The summed E-state index contributed by atoms with van der Waals surface area (Å²) in [6.07, 6.45) is 0. The monoisotopic (exact) mass is 315 g/mol. The number of aromatic nitrogens is 1. The fraction of sp³-hybridized carbons (Fsp3) is 0.308. The maximum absolute atomic E-state index is 13.8. The van der Waals surface area contributed by atoms with Crippen molar-refractivity contribution in [2.45, 2.75) is 26.2 Å². The smallest absolute Gasteiger partial charge is 0.149 e. The normalized spacial score (nSPS) is 12.1. The lowest BCUT2D eigenvalue weighted by Gasteiger charge is -2.19. The second-order valence-corrected chi connectivity index (χ2v) is 6.25. The largest absolute Gasteiger partial charge is 0.249 e. The van der Waals surface area contributed by atoms with Crippen LogP contribution in [0.15, 0.2) is 22.7 Å². The highest BCUT2D eigenvalue weighted by Gasteiger charge is 2.19. The lowest BCUT2D eigenvalue weighted by atomic mass is 9.91. The number of fused-ring (bicyclic) bond motifs is 1. The van der Waals surface area contributed by atoms with E-state index in [2.05, 4.69) is 20.9 Å². The summed E-state index contributed by atoms with van der Waals surface area (Å²) in [5, 5.41) is 1.14. The molecule has 1 heterocycles. The summed E-state index contributed by atoms with van der Waals surface area (Å²) in [6, 6.07) is 4.83. The van der Waals surface area contributed by atoms with Crippen molar-refractivity contribution in [1.29, 1.82) is 0 Å². The van der Waals surface area contributed by atoms with Crippen molar-refractivity contribution in [3.05, 3.63) is 39.2 Å². The van der Waals surface area contributed by atoms with Gasteiger partial charge in [0, 0.05) is 21.0 Å². The molecular formula is C13H12BrClFN. The fourth-order valence-corrected chi connectivity index (χ4v) is 2.55. The number of hydrogen-bond donors (Lipinski definition) is 0. The van der Waals surface area contributed by atoms with Gasteiger partial charge in [0.2, 0.25) is 0 Å². The maximum atomic E-state index is 13.8. The second kappa shape index (κ2) is 4.21. The molecule has 0 amide bonds. The van der Waals surface area contributed by atoms with Crippen LogP contribution in [0.3, 0.4) is 0 Å². The van der Waals surface area contributed by atoms with Gasteiger partial charge in [0.25, 0.3) is 0 Å². The first-order chi connectivity index (χ1) is 7.80. The number of benzene rings is 1. The van der Waals surface area contributed by atoms with Crippen molar-refractivity contribution in [2.24, 2.45) is 0 Å². The molecule has 0 bridgehead atoms. The van der Waals surface area contributed by atoms with E-state index in [9.17, 15) is 4.39 Å². The zero-order chi connectivity index (χ0) is 12.8. The van der Waals surface area contributed by atoms with Crippen LogP contribution >= 0.6 is 27.5 Å². The molecule has 0 N–H and O–H groups in total. The van der Waals surface area contributed by atoms with E-state index < -0.39 is 0 Å². The number of rotatable bonds is 0. The van der Waals surface area contributed by atoms with Gasteiger partial charge in [-0.25, -0.2) is 9.37 Å². The zero-order valence-electron chi connectivity index (χ0n) is 9.81. The molecule has 1 aromatic heterocycles. The molecular weight excluding hydrogens is 305 g/mol. The number of halogens is 3. The summed E-state index contributed by atoms with van der Waals surface area (Å²) in [6.45, 7) is 6.06. The SMILES string of the molecule is CC(C)(C)c1cc(Cl)c2c(Br)ccc(F)c2n1. The van der Waals surface area contributed by atoms with Crippen molar-refractivity contribution in [3.63, 3.8) is 0 Å². The molecule has 90 valence electrons. The third-order valence-corrected chi connectivity index (χ3v) is 3.54. The standard InChI is InChI=1S/C13H12BrClFN/c1-13(2,3)10-6-8(15)11-7(14)4-5-9(16)12(11)17-10/h4-6H,1-3H3. The molecule has 1 aromatic carbocycles. The molecule has 2 rings (SSSR count). The quantitative estimate of drug-likeness (QED) is 0.660. The van der Waals surface area contributed by atoms with Crippen LogP contribution in [-0.2, 0) is 5.41 Å². The van der Waals surface area contributed by atoms with E-state index in [4.69, 9.17) is 11.6 Å². The van der Waals surface area contributed by atoms with Gasteiger partial charge in [-0.15, -0.1) is 0 Å². The van der Waals surface area contributed by atoms with Crippen molar-refractivity contribution in [1.82, 2.24) is 4.98 Å². The fourth-order valence-electron chi connectivity index (χ4n) is 1.61. The summed E-state index contributed by atoms with van der Waals surface area (Å²) < 4.78 is 14.5. The first-order valence-electron chi connectivity index (χ1n) is 5.25. The predicted octanol–water partition coefficient (Wildman–Crippen LogP) is 5.09. The Labute approximate surface area is 113 Å². The zero-order valence-corrected chi connectivity index (χ0v) is 12.2. The van der Waals surface area contributed by atoms with Crippen molar-refractivity contribution in [2.75, 3.05) is 0 Å². The van der Waals surface area contributed by atoms with Gasteiger partial charge in [-0.2, -0.15) is 0 Å². The first kappa shape index (κ1) is 12.8. The number of pyridine rings is 1. The van der Waals surface area contributed by atoms with E-state index >= 15 is 0 Å². The Morgan fingerprint density at radius 2 is 1.94 bits per heavy atom. The van der Waals surface area contributed by atoms with E-state index in [1.54, 1.807) is 12.1 Å². The molecule has 0 saturated heterocycles. The summed E-state index contributed by atoms with van der Waals surface area (Å²) in [5.41, 5.74) is 0.941. The highest BCUT2D eigenvalue weighted by atomic mass is 79.9. The summed E-state index contributed by atoms with van der Waals surface area (Å²) >= 11 is 9.57. The molecule has 0 radical (unpaired) electrons. The van der Waals surface area contributed by atoms with Gasteiger partial charge in [0.05, 0.1) is 5.02 Å². The third kappa shape index (κ3) is 2.31. The molecule has 0 aliphatic heterocycles. The summed E-state index contributed by atoms with van der Waals surface area (Å²) in [4.78, 5) is 4.38. The third-order valence-electron chi connectivity index (χ3n) is 2.58. The minimum absolute atomic E-state index is 0.160. The molecule has 0 aliphatic carbocycles. The molecule has 0 unspecified atom stereocenters. The van der Waals surface area contributed by atoms with Crippen LogP contribution < -0.4 is 0 Å². The Balaban J connectivity index is 2.87. The van der Waals surface area contributed by atoms with Gasteiger partial charge in [-0.3, -0.25) is 0 Å². The Bertz CT molecular complexity index is 590. The minimum Gasteiger partial charge on any atom is -0.249 e. The van der Waals surface area contributed by atoms with Crippen LogP contribution in [-0.4, -0.2) is 4.98 Å². The van der Waals surface area contributed by atoms with Crippen LogP contribution in [0, 0.1) is 5.82 Å². The van der Waals surface area contributed by atoms with Crippen molar-refractivity contribution >= 4 is 38.4 Å². The molecule has 1 nitrogen and oxygen atoms in total. The molecule has 0 fully saturated rings. The Morgan fingerprint density at radius 1 is 1.29 bits per heavy atom. The second-order valence-electron chi connectivity index (χ2n) is 4.99. The molecule has 2 aromatic rings. The van der Waals surface area contributed by atoms with Crippen LogP contribution in [0.2, 0.25) is 5.02 Å². The van der Waals surface area contributed by atoms with Gasteiger partial charge >= 0.3 is 0 Å². The van der Waals surface area contributed by atoms with Gasteiger partial charge < -0.3 is 0 Å². The topological polar surface area (TPSA) is 12.9 Å².